The number of nitrogens with one attached hydrogen (secondary N) is 1. The third-order valence-corrected chi connectivity index (χ3v) is 3.12. The van der Waals surface area contributed by atoms with Crippen LogP contribution in [0.4, 0.5) is 13.2 Å². The van der Waals surface area contributed by atoms with Gasteiger partial charge in [-0.05, 0) is 24.3 Å². The topological polar surface area (TPSA) is 90.7 Å². The average Bonchev–Trinajstić information content (AvgIpc) is 2.58. The number of carbonyl (C=O) groups excluding carboxylic acids is 2. The van der Waals surface area contributed by atoms with Gasteiger partial charge in [0, 0.05) is 17.7 Å². The van der Waals surface area contributed by atoms with Crippen molar-refractivity contribution in [2.24, 2.45) is 5.73 Å². The molecule has 0 aliphatic heterocycles. The molecule has 0 aliphatic carbocycles. The molecule has 6 nitrogen and oxygen atoms in total. The van der Waals surface area contributed by atoms with Crippen LogP contribution in [0.2, 0.25) is 0 Å². The number of nitrogens with two attached hydrogens (primary N) is 1. The fourth-order valence-electron chi connectivity index (χ4n) is 2.03. The predicted molar refractivity (Wildman–Crippen MR) is 85.4 cm³/mol. The van der Waals surface area contributed by atoms with Gasteiger partial charge in [-0.3, -0.25) is 9.59 Å². The molecule has 3 N–H and O–H groups in total. The molecule has 26 heavy (non-hydrogen) atoms. The summed E-state index contributed by atoms with van der Waals surface area (Å²) >= 11 is 0. The summed E-state index contributed by atoms with van der Waals surface area (Å²) in [5.41, 5.74) is 5.35. The van der Waals surface area contributed by atoms with Crippen LogP contribution >= 0.6 is 0 Å². The quantitative estimate of drug-likeness (QED) is 0.785. The summed E-state index contributed by atoms with van der Waals surface area (Å²) in [6.07, 6.45) is -4.83. The van der Waals surface area contributed by atoms with E-state index in [0.29, 0.717) is 0 Å². The summed E-state index contributed by atoms with van der Waals surface area (Å²) < 4.78 is 46.2. The minimum atomic E-state index is -4.83. The third-order valence-electron chi connectivity index (χ3n) is 3.12. The predicted octanol–water partition coefficient (Wildman–Crippen LogP) is 2.38. The fraction of sp³-hybridized carbons (Fsp3) is 0.176. The molecule has 2 rings (SSSR count). The number of alkyl halides is 3. The molecular weight excluding hydrogens is 353 g/mol. The van der Waals surface area contributed by atoms with Gasteiger partial charge in [0.25, 0.3) is 11.8 Å². The van der Waals surface area contributed by atoms with Crippen LogP contribution in [0, 0.1) is 0 Å². The number of primary amides is 1. The number of benzene rings is 2. The van der Waals surface area contributed by atoms with Gasteiger partial charge in [-0.15, -0.1) is 13.2 Å². The summed E-state index contributed by atoms with van der Waals surface area (Å²) in [5, 5.41) is 2.50. The molecule has 0 aromatic heterocycles. The molecule has 0 unspecified atom stereocenters. The molecule has 0 atom stereocenters. The molecule has 2 aromatic rings. The second-order valence-electron chi connectivity index (χ2n) is 5.12. The van der Waals surface area contributed by atoms with E-state index in [1.165, 1.54) is 42.5 Å². The molecule has 0 bridgehead atoms. The summed E-state index contributed by atoms with van der Waals surface area (Å²) in [5.74, 6) is -1.33. The lowest BCUT2D eigenvalue weighted by molar-refractivity contribution is -0.274. The summed E-state index contributed by atoms with van der Waals surface area (Å²) in [6, 6.07) is 11.4. The largest absolute Gasteiger partial charge is 0.573 e. The zero-order valence-corrected chi connectivity index (χ0v) is 13.4. The Bertz CT molecular complexity index is 794. The Balaban J connectivity index is 2.03. The van der Waals surface area contributed by atoms with E-state index >= 15 is 0 Å². The number of halogens is 3. The van der Waals surface area contributed by atoms with E-state index in [-0.39, 0.29) is 35.8 Å². The number of hydrogen-bond acceptors (Lipinski definition) is 4. The smallest absolute Gasteiger partial charge is 0.484 e. The molecule has 0 heterocycles. The first-order chi connectivity index (χ1) is 12.2. The molecule has 0 saturated heterocycles. The number of para-hydroxylation sites is 1. The fourth-order valence-corrected chi connectivity index (χ4v) is 2.03. The van der Waals surface area contributed by atoms with Gasteiger partial charge >= 0.3 is 6.36 Å². The van der Waals surface area contributed by atoms with Crippen LogP contribution in [0.1, 0.15) is 15.9 Å². The molecule has 0 fully saturated rings. The standard InChI is InChI=1S/C17H15F3N2O4/c18-17(19,20)26-14-7-2-1-4-12(14)9-22-16(24)11-5-3-6-13(8-11)25-10-15(21)23/h1-8H,9-10H2,(H2,21,23)(H,22,24). The molecule has 0 aliphatic rings. The van der Waals surface area contributed by atoms with Crippen LogP contribution in [0.5, 0.6) is 11.5 Å². The Morgan fingerprint density at radius 3 is 2.50 bits per heavy atom. The van der Waals surface area contributed by atoms with Crippen molar-refractivity contribution in [1.29, 1.82) is 0 Å². The minimum absolute atomic E-state index is 0.166. The Labute approximate surface area is 146 Å². The molecule has 0 radical (unpaired) electrons. The average molecular weight is 368 g/mol. The summed E-state index contributed by atoms with van der Waals surface area (Å²) in [6.45, 7) is -0.509. The Morgan fingerprint density at radius 1 is 1.08 bits per heavy atom. The number of rotatable bonds is 7. The lowest BCUT2D eigenvalue weighted by atomic mass is 10.1. The van der Waals surface area contributed by atoms with Crippen LogP contribution in [0.3, 0.4) is 0 Å². The summed E-state index contributed by atoms with van der Waals surface area (Å²) in [4.78, 5) is 22.9. The highest BCUT2D eigenvalue weighted by Gasteiger charge is 2.32. The van der Waals surface area contributed by atoms with Gasteiger partial charge in [0.15, 0.2) is 6.61 Å². The lowest BCUT2D eigenvalue weighted by Gasteiger charge is -2.13. The number of amides is 2. The number of carbonyl (C=O) groups is 2. The van der Waals surface area contributed by atoms with Crippen LogP contribution in [0.15, 0.2) is 48.5 Å². The maximum atomic E-state index is 12.4. The Hall–Kier alpha value is -3.23. The Kier molecular flexibility index (Phi) is 6.05. The van der Waals surface area contributed by atoms with Crippen molar-refractivity contribution in [2.75, 3.05) is 6.61 Å². The van der Waals surface area contributed by atoms with Crippen molar-refractivity contribution in [3.05, 3.63) is 59.7 Å². The van der Waals surface area contributed by atoms with Crippen LogP contribution in [-0.4, -0.2) is 24.8 Å². The van der Waals surface area contributed by atoms with E-state index in [2.05, 4.69) is 10.1 Å². The molecule has 0 saturated carbocycles. The second kappa shape index (κ2) is 8.24. The molecule has 9 heteroatoms. The maximum absolute atomic E-state index is 12.4. The van der Waals surface area contributed by atoms with E-state index in [9.17, 15) is 22.8 Å². The molecule has 0 spiro atoms. The van der Waals surface area contributed by atoms with Crippen molar-refractivity contribution in [3.8, 4) is 11.5 Å². The van der Waals surface area contributed by atoms with Gasteiger partial charge in [0.2, 0.25) is 0 Å². The minimum Gasteiger partial charge on any atom is -0.484 e. The van der Waals surface area contributed by atoms with Crippen molar-refractivity contribution in [1.82, 2.24) is 5.32 Å². The summed E-state index contributed by atoms with van der Waals surface area (Å²) in [7, 11) is 0. The Morgan fingerprint density at radius 2 is 1.81 bits per heavy atom. The van der Waals surface area contributed by atoms with Crippen LogP contribution in [0.25, 0.3) is 0 Å². The lowest BCUT2D eigenvalue weighted by Crippen LogP contribution is -2.24. The SMILES string of the molecule is NC(=O)COc1cccc(C(=O)NCc2ccccc2OC(F)(F)F)c1. The first-order valence-electron chi connectivity index (χ1n) is 7.37. The molecule has 2 aromatic carbocycles. The van der Waals surface area contributed by atoms with Gasteiger partial charge in [0.1, 0.15) is 11.5 Å². The zero-order chi connectivity index (χ0) is 19.2. The van der Waals surface area contributed by atoms with E-state index in [4.69, 9.17) is 10.5 Å². The van der Waals surface area contributed by atoms with E-state index in [1.807, 2.05) is 0 Å². The molecule has 138 valence electrons. The van der Waals surface area contributed by atoms with Crippen LogP contribution < -0.4 is 20.5 Å². The highest BCUT2D eigenvalue weighted by atomic mass is 19.4. The van der Waals surface area contributed by atoms with Gasteiger partial charge in [0.05, 0.1) is 0 Å². The zero-order valence-electron chi connectivity index (χ0n) is 13.4. The highest BCUT2D eigenvalue weighted by molar-refractivity contribution is 5.94. The maximum Gasteiger partial charge on any atom is 0.573 e. The first-order valence-corrected chi connectivity index (χ1v) is 7.37. The monoisotopic (exact) mass is 368 g/mol. The first kappa shape index (κ1) is 19.1. The van der Waals surface area contributed by atoms with Crippen molar-refractivity contribution >= 4 is 11.8 Å². The molecule has 2 amide bonds. The number of hydrogen-bond donors (Lipinski definition) is 2. The van der Waals surface area contributed by atoms with E-state index in [1.54, 1.807) is 0 Å². The van der Waals surface area contributed by atoms with Gasteiger partial charge < -0.3 is 20.5 Å². The number of ether oxygens (including phenoxy) is 2. The van der Waals surface area contributed by atoms with Crippen molar-refractivity contribution < 1.29 is 32.2 Å². The second-order valence-corrected chi connectivity index (χ2v) is 5.12. The van der Waals surface area contributed by atoms with Crippen molar-refractivity contribution in [3.63, 3.8) is 0 Å². The van der Waals surface area contributed by atoms with Gasteiger partial charge in [-0.25, -0.2) is 0 Å². The van der Waals surface area contributed by atoms with E-state index in [0.717, 1.165) is 6.07 Å². The van der Waals surface area contributed by atoms with E-state index < -0.39 is 18.2 Å². The normalized spacial score (nSPS) is 10.9. The molecular formula is C17H15F3N2O4. The van der Waals surface area contributed by atoms with Gasteiger partial charge in [-0.1, -0.05) is 24.3 Å². The third kappa shape index (κ3) is 6.00. The van der Waals surface area contributed by atoms with Gasteiger partial charge in [-0.2, -0.15) is 0 Å². The van der Waals surface area contributed by atoms with Crippen LogP contribution in [-0.2, 0) is 11.3 Å². The van der Waals surface area contributed by atoms with Crippen molar-refractivity contribution in [2.45, 2.75) is 12.9 Å². The highest BCUT2D eigenvalue weighted by Crippen LogP contribution is 2.26.